The Hall–Kier alpha value is -3.31. The molecule has 6 heteroatoms. The van der Waals surface area contributed by atoms with Crippen LogP contribution in [-0.2, 0) is 0 Å². The highest BCUT2D eigenvalue weighted by atomic mass is 35.5. The van der Waals surface area contributed by atoms with Crippen molar-refractivity contribution in [2.75, 3.05) is 7.11 Å². The van der Waals surface area contributed by atoms with Crippen molar-refractivity contribution in [3.8, 4) is 17.3 Å². The monoisotopic (exact) mass is 447 g/mol. The van der Waals surface area contributed by atoms with Gasteiger partial charge in [-0.1, -0.05) is 49.7 Å². The first kappa shape index (κ1) is 21.9. The molecule has 5 nitrogen and oxygen atoms in total. The average molecular weight is 448 g/mol. The van der Waals surface area contributed by atoms with Crippen LogP contribution in [0.1, 0.15) is 38.1 Å². The van der Waals surface area contributed by atoms with Gasteiger partial charge in [-0.3, -0.25) is 4.57 Å². The number of ether oxygens (including phenoxy) is 2. The number of aromatic nitrogens is 3. The van der Waals surface area contributed by atoms with E-state index >= 15 is 0 Å². The van der Waals surface area contributed by atoms with E-state index in [0.29, 0.717) is 10.8 Å². The topological polar surface area (TPSA) is 49.2 Å². The summed E-state index contributed by atoms with van der Waals surface area (Å²) >= 11 is 6.06. The van der Waals surface area contributed by atoms with E-state index in [0.717, 1.165) is 46.8 Å². The highest BCUT2D eigenvalue weighted by Crippen LogP contribution is 2.34. The van der Waals surface area contributed by atoms with E-state index in [4.69, 9.17) is 26.1 Å². The van der Waals surface area contributed by atoms with Crippen molar-refractivity contribution >= 4 is 34.8 Å². The second-order valence-electron chi connectivity index (χ2n) is 7.40. The number of hydrogen-bond acceptors (Lipinski definition) is 4. The van der Waals surface area contributed by atoms with Gasteiger partial charge in [-0.05, 0) is 55.3 Å². The molecule has 0 spiro atoms. The predicted octanol–water partition coefficient (Wildman–Crippen LogP) is 6.82. The molecular weight excluding hydrogens is 422 g/mol. The molecule has 0 unspecified atom stereocenters. The largest absolute Gasteiger partial charge is 0.493 e. The molecule has 2 heterocycles. The molecule has 4 rings (SSSR count). The zero-order valence-corrected chi connectivity index (χ0v) is 19.2. The third-order valence-electron chi connectivity index (χ3n) is 5.36. The van der Waals surface area contributed by atoms with E-state index in [1.807, 2.05) is 71.3 Å². The van der Waals surface area contributed by atoms with Gasteiger partial charge in [0, 0.05) is 11.8 Å². The first-order valence-corrected chi connectivity index (χ1v) is 11.1. The Kier molecular flexibility index (Phi) is 6.76. The molecule has 0 amide bonds. The van der Waals surface area contributed by atoms with Gasteiger partial charge >= 0.3 is 0 Å². The standard InChI is InChI=1S/C26H26ClN3O2/c1-4-20(5-2)32-26-18(9-8-12-23(26)31-3)13-15-25-29-21-10-6-7-11-22(21)30(25)24-16-14-19(27)17-28-24/h6-17,20H,4-5H2,1-3H3. The number of rotatable bonds is 8. The second kappa shape index (κ2) is 9.88. The Labute approximate surface area is 193 Å². The highest BCUT2D eigenvalue weighted by Gasteiger charge is 2.15. The van der Waals surface area contributed by atoms with Crippen LogP contribution in [-0.4, -0.2) is 27.7 Å². The number of fused-ring (bicyclic) bond motifs is 1. The van der Waals surface area contributed by atoms with Gasteiger partial charge in [0.2, 0.25) is 0 Å². The summed E-state index contributed by atoms with van der Waals surface area (Å²) < 4.78 is 13.9. The molecule has 0 fully saturated rings. The lowest BCUT2D eigenvalue weighted by atomic mass is 10.1. The van der Waals surface area contributed by atoms with Crippen molar-refractivity contribution in [1.82, 2.24) is 14.5 Å². The van der Waals surface area contributed by atoms with Crippen LogP contribution in [0.5, 0.6) is 11.5 Å². The molecule has 0 aliphatic rings. The van der Waals surface area contributed by atoms with Crippen molar-refractivity contribution in [1.29, 1.82) is 0 Å². The van der Waals surface area contributed by atoms with Gasteiger partial charge in [0.05, 0.1) is 29.3 Å². The van der Waals surface area contributed by atoms with Gasteiger partial charge in [-0.2, -0.15) is 0 Å². The maximum atomic E-state index is 6.31. The van der Waals surface area contributed by atoms with Crippen molar-refractivity contribution in [2.24, 2.45) is 0 Å². The van der Waals surface area contributed by atoms with Crippen LogP contribution < -0.4 is 9.47 Å². The maximum Gasteiger partial charge on any atom is 0.168 e. The molecule has 0 aliphatic carbocycles. The highest BCUT2D eigenvalue weighted by molar-refractivity contribution is 6.30. The molecule has 0 saturated heterocycles. The molecule has 0 radical (unpaired) electrons. The summed E-state index contributed by atoms with van der Waals surface area (Å²) in [6.07, 6.45) is 7.61. The number of nitrogens with zero attached hydrogens (tertiary/aromatic N) is 3. The predicted molar refractivity (Wildman–Crippen MR) is 131 cm³/mol. The minimum absolute atomic E-state index is 0.126. The molecule has 0 bridgehead atoms. The van der Waals surface area contributed by atoms with Crippen LogP contribution in [0.2, 0.25) is 5.02 Å². The van der Waals surface area contributed by atoms with Crippen molar-refractivity contribution in [3.63, 3.8) is 0 Å². The van der Waals surface area contributed by atoms with Crippen LogP contribution in [0, 0.1) is 0 Å². The number of hydrogen-bond donors (Lipinski definition) is 0. The molecule has 2 aromatic heterocycles. The van der Waals surface area contributed by atoms with Crippen LogP contribution in [0.3, 0.4) is 0 Å². The molecule has 2 aromatic carbocycles. The summed E-state index contributed by atoms with van der Waals surface area (Å²) in [4.78, 5) is 9.33. The van der Waals surface area contributed by atoms with E-state index in [9.17, 15) is 0 Å². The van der Waals surface area contributed by atoms with E-state index < -0.39 is 0 Å². The molecular formula is C26H26ClN3O2. The normalized spacial score (nSPS) is 11.5. The quantitative estimate of drug-likeness (QED) is 0.297. The molecule has 164 valence electrons. The Bertz CT molecular complexity index is 1230. The summed E-state index contributed by atoms with van der Waals surface area (Å²) in [6, 6.07) is 17.6. The number of methoxy groups -OCH3 is 1. The molecule has 0 N–H and O–H groups in total. The van der Waals surface area contributed by atoms with Gasteiger partial charge in [-0.15, -0.1) is 0 Å². The van der Waals surface area contributed by atoms with E-state index in [2.05, 4.69) is 18.8 Å². The third-order valence-corrected chi connectivity index (χ3v) is 5.59. The van der Waals surface area contributed by atoms with Crippen LogP contribution in [0.25, 0.3) is 29.0 Å². The number of benzene rings is 2. The number of pyridine rings is 1. The van der Waals surface area contributed by atoms with E-state index in [-0.39, 0.29) is 6.10 Å². The van der Waals surface area contributed by atoms with Crippen LogP contribution in [0.4, 0.5) is 0 Å². The van der Waals surface area contributed by atoms with Gasteiger partial charge in [0.1, 0.15) is 11.6 Å². The fraction of sp³-hybridized carbons (Fsp3) is 0.231. The Morgan fingerprint density at radius 3 is 2.53 bits per heavy atom. The van der Waals surface area contributed by atoms with Gasteiger partial charge in [0.15, 0.2) is 11.5 Å². The average Bonchev–Trinajstić information content (AvgIpc) is 3.20. The van der Waals surface area contributed by atoms with Crippen molar-refractivity contribution in [2.45, 2.75) is 32.8 Å². The summed E-state index contributed by atoms with van der Waals surface area (Å²) in [6.45, 7) is 4.25. The number of imidazole rings is 1. The Balaban J connectivity index is 1.80. The molecule has 0 atom stereocenters. The number of halogens is 1. The lowest BCUT2D eigenvalue weighted by molar-refractivity contribution is 0.184. The molecule has 0 saturated carbocycles. The summed E-state index contributed by atoms with van der Waals surface area (Å²) in [5.74, 6) is 2.97. The summed E-state index contributed by atoms with van der Waals surface area (Å²) in [7, 11) is 1.66. The smallest absolute Gasteiger partial charge is 0.168 e. The SMILES string of the molecule is CCC(CC)Oc1c(C=Cc2nc3ccccc3n2-c2ccc(Cl)cn2)cccc1OC. The maximum absolute atomic E-state index is 6.31. The van der Waals surface area contributed by atoms with Crippen LogP contribution >= 0.6 is 11.6 Å². The first-order valence-electron chi connectivity index (χ1n) is 10.8. The lowest BCUT2D eigenvalue weighted by Gasteiger charge is -2.19. The molecule has 32 heavy (non-hydrogen) atoms. The fourth-order valence-corrected chi connectivity index (χ4v) is 3.75. The fourth-order valence-electron chi connectivity index (χ4n) is 3.63. The summed E-state index contributed by atoms with van der Waals surface area (Å²) in [5, 5.41) is 0.592. The van der Waals surface area contributed by atoms with Crippen LogP contribution in [0.15, 0.2) is 60.8 Å². The van der Waals surface area contributed by atoms with E-state index in [1.54, 1.807) is 13.3 Å². The minimum Gasteiger partial charge on any atom is -0.493 e. The number of para-hydroxylation sites is 3. The van der Waals surface area contributed by atoms with E-state index in [1.165, 1.54) is 0 Å². The van der Waals surface area contributed by atoms with Gasteiger partial charge < -0.3 is 9.47 Å². The Morgan fingerprint density at radius 1 is 1.00 bits per heavy atom. The van der Waals surface area contributed by atoms with Gasteiger partial charge in [0.25, 0.3) is 0 Å². The molecule has 0 aliphatic heterocycles. The first-order chi connectivity index (χ1) is 15.6. The zero-order chi connectivity index (χ0) is 22.5. The van der Waals surface area contributed by atoms with Gasteiger partial charge in [-0.25, -0.2) is 9.97 Å². The lowest BCUT2D eigenvalue weighted by Crippen LogP contribution is -2.14. The van der Waals surface area contributed by atoms with Crippen molar-refractivity contribution < 1.29 is 9.47 Å². The molecule has 4 aromatic rings. The minimum atomic E-state index is 0.126. The second-order valence-corrected chi connectivity index (χ2v) is 7.83. The Morgan fingerprint density at radius 2 is 1.81 bits per heavy atom. The zero-order valence-electron chi connectivity index (χ0n) is 18.5. The third kappa shape index (κ3) is 4.48. The summed E-state index contributed by atoms with van der Waals surface area (Å²) in [5.41, 5.74) is 2.79. The van der Waals surface area contributed by atoms with Crippen molar-refractivity contribution in [3.05, 3.63) is 77.2 Å².